The number of carbonyl (C=O) groups excluding carboxylic acids is 3. The van der Waals surface area contributed by atoms with Gasteiger partial charge in [-0.1, -0.05) is 6.92 Å². The molecule has 0 aromatic carbocycles. The fourth-order valence-electron chi connectivity index (χ4n) is 10.7. The molecule has 3 heterocycles. The number of esters is 2. The highest BCUT2D eigenvalue weighted by atomic mass is 16.7. The molecule has 1 amide bonds. The Morgan fingerprint density at radius 2 is 1.84 bits per heavy atom. The van der Waals surface area contributed by atoms with Gasteiger partial charge >= 0.3 is 11.9 Å². The number of carbonyl (C=O) groups is 3. The van der Waals surface area contributed by atoms with E-state index in [1.165, 1.54) is 13.8 Å². The summed E-state index contributed by atoms with van der Waals surface area (Å²) in [5.41, 5.74) is -2.25. The second-order valence-electron chi connectivity index (χ2n) is 13.3. The predicted molar refractivity (Wildman–Crippen MR) is 135 cm³/mol. The second-order valence-corrected chi connectivity index (χ2v) is 13.3. The Hall–Kier alpha value is -1.71. The molecular formula is C29H43NO8. The molecule has 10 unspecified atom stereocenters. The van der Waals surface area contributed by atoms with Crippen molar-refractivity contribution in [3.8, 4) is 0 Å². The normalized spacial score (nSPS) is 49.8. The molecule has 9 heteroatoms. The van der Waals surface area contributed by atoms with Crippen LogP contribution in [-0.4, -0.2) is 79.3 Å². The molecule has 7 fully saturated rings. The number of ether oxygens (including phenoxy) is 5. The smallest absolute Gasteiger partial charge is 0.303 e. The van der Waals surface area contributed by atoms with E-state index < -0.39 is 28.5 Å². The Morgan fingerprint density at radius 1 is 1.08 bits per heavy atom. The summed E-state index contributed by atoms with van der Waals surface area (Å²) < 4.78 is 32.4. The summed E-state index contributed by atoms with van der Waals surface area (Å²) in [7, 11) is 3.55. The molecule has 3 aliphatic heterocycles. The summed E-state index contributed by atoms with van der Waals surface area (Å²) in [6, 6.07) is 0. The van der Waals surface area contributed by atoms with Crippen LogP contribution in [0, 0.1) is 28.6 Å². The highest BCUT2D eigenvalue weighted by Crippen LogP contribution is 2.77. The molecule has 7 aliphatic rings. The highest BCUT2D eigenvalue weighted by Gasteiger charge is 2.83. The molecule has 0 aromatic rings. The van der Waals surface area contributed by atoms with Crippen molar-refractivity contribution in [1.82, 2.24) is 4.90 Å². The van der Waals surface area contributed by atoms with Crippen LogP contribution in [0.4, 0.5) is 0 Å². The van der Waals surface area contributed by atoms with Crippen LogP contribution in [0.5, 0.6) is 0 Å². The van der Waals surface area contributed by atoms with Crippen LogP contribution < -0.4 is 0 Å². The number of nitrogens with zero attached hydrogens (tertiary/aromatic N) is 1. The number of methoxy groups -OCH3 is 1. The summed E-state index contributed by atoms with van der Waals surface area (Å²) in [5, 5.41) is 0. The fourth-order valence-corrected chi connectivity index (χ4v) is 10.7. The molecule has 38 heavy (non-hydrogen) atoms. The summed E-state index contributed by atoms with van der Waals surface area (Å²) in [5.74, 6) is -1.20. The van der Waals surface area contributed by atoms with Gasteiger partial charge in [0.15, 0.2) is 5.79 Å². The van der Waals surface area contributed by atoms with E-state index in [0.29, 0.717) is 18.9 Å². The maximum atomic E-state index is 13.1. The lowest BCUT2D eigenvalue weighted by atomic mass is 9.38. The quantitative estimate of drug-likeness (QED) is 0.508. The van der Waals surface area contributed by atoms with Gasteiger partial charge in [0.25, 0.3) is 0 Å². The Labute approximate surface area is 225 Å². The third-order valence-corrected chi connectivity index (χ3v) is 12.0. The second kappa shape index (κ2) is 8.40. The Morgan fingerprint density at radius 3 is 2.53 bits per heavy atom. The minimum absolute atomic E-state index is 0.00723. The average molecular weight is 534 g/mol. The van der Waals surface area contributed by atoms with Crippen molar-refractivity contribution >= 4 is 17.8 Å². The minimum atomic E-state index is -0.789. The van der Waals surface area contributed by atoms with Crippen molar-refractivity contribution < 1.29 is 38.1 Å². The van der Waals surface area contributed by atoms with E-state index >= 15 is 0 Å². The van der Waals surface area contributed by atoms with Gasteiger partial charge < -0.3 is 28.6 Å². The van der Waals surface area contributed by atoms with E-state index in [2.05, 4.69) is 6.92 Å². The summed E-state index contributed by atoms with van der Waals surface area (Å²) in [4.78, 5) is 39.7. The van der Waals surface area contributed by atoms with E-state index in [0.717, 1.165) is 44.9 Å². The van der Waals surface area contributed by atoms with Crippen LogP contribution in [0.1, 0.15) is 79.1 Å². The molecule has 4 bridgehead atoms. The molecule has 0 aromatic heterocycles. The standard InChI is InChI=1S/C29H43NO8/c1-17(36-18(2)31)21-9-10-28-22-8-7-20-13-27(34-6)12-11-25(20,4)29(22,38-27)23(37-19(3)32)14-26(21,28)16-30(5)24(33)15-35-28/h17,20-23H,7-16H2,1-6H3. The van der Waals surface area contributed by atoms with Crippen LogP contribution in [0.25, 0.3) is 0 Å². The van der Waals surface area contributed by atoms with E-state index in [1.54, 1.807) is 12.0 Å². The van der Waals surface area contributed by atoms with Crippen molar-refractivity contribution in [2.75, 3.05) is 27.3 Å². The van der Waals surface area contributed by atoms with E-state index in [4.69, 9.17) is 23.7 Å². The lowest BCUT2D eigenvalue weighted by Gasteiger charge is -2.76. The van der Waals surface area contributed by atoms with Gasteiger partial charge in [0.2, 0.25) is 5.91 Å². The monoisotopic (exact) mass is 533 g/mol. The molecule has 10 atom stereocenters. The first-order valence-corrected chi connectivity index (χ1v) is 14.4. The summed E-state index contributed by atoms with van der Waals surface area (Å²) in [6.45, 7) is 7.64. The number of hydrogen-bond donors (Lipinski definition) is 0. The maximum absolute atomic E-state index is 13.1. The minimum Gasteiger partial charge on any atom is -0.463 e. The highest BCUT2D eigenvalue weighted by molar-refractivity contribution is 5.77. The molecule has 212 valence electrons. The number of hydrogen-bond acceptors (Lipinski definition) is 8. The van der Waals surface area contributed by atoms with Crippen molar-refractivity contribution in [3.63, 3.8) is 0 Å². The molecule has 9 nitrogen and oxygen atoms in total. The van der Waals surface area contributed by atoms with Crippen LogP contribution in [0.15, 0.2) is 0 Å². The first kappa shape index (κ1) is 26.5. The van der Waals surface area contributed by atoms with Gasteiger partial charge in [-0.25, -0.2) is 0 Å². The SMILES string of the molecule is COC12CCC3(C)C(CCC4C56CCC(C(C)OC(C)=O)C5(CC(OC(C)=O)C43O1)CN(C)C(=O)CO6)C2. The Bertz CT molecular complexity index is 1050. The lowest BCUT2D eigenvalue weighted by Crippen LogP contribution is -2.83. The molecule has 3 saturated heterocycles. The van der Waals surface area contributed by atoms with Gasteiger partial charge in [-0.3, -0.25) is 14.4 Å². The third kappa shape index (κ3) is 3.12. The number of rotatable bonds is 4. The zero-order chi connectivity index (χ0) is 27.3. The van der Waals surface area contributed by atoms with Crippen molar-refractivity contribution in [2.24, 2.45) is 28.6 Å². The summed E-state index contributed by atoms with van der Waals surface area (Å²) in [6.07, 6.45) is 5.58. The average Bonchev–Trinajstić information content (AvgIpc) is 3.10. The molecule has 0 N–H and O–H groups in total. The van der Waals surface area contributed by atoms with Crippen LogP contribution in [0.2, 0.25) is 0 Å². The first-order chi connectivity index (χ1) is 17.9. The number of fused-ring (bicyclic) bond motifs is 1. The van der Waals surface area contributed by atoms with Gasteiger partial charge in [0.1, 0.15) is 24.4 Å². The Balaban J connectivity index is 1.57. The van der Waals surface area contributed by atoms with E-state index in [-0.39, 0.29) is 47.8 Å². The fraction of sp³-hybridized carbons (Fsp3) is 0.897. The topological polar surface area (TPSA) is 101 Å². The van der Waals surface area contributed by atoms with Crippen LogP contribution in [-0.2, 0) is 38.1 Å². The first-order valence-electron chi connectivity index (χ1n) is 14.4. The van der Waals surface area contributed by atoms with E-state index in [9.17, 15) is 14.4 Å². The van der Waals surface area contributed by atoms with Crippen molar-refractivity contribution in [3.05, 3.63) is 0 Å². The lowest BCUT2D eigenvalue weighted by molar-refractivity contribution is -0.453. The van der Waals surface area contributed by atoms with Gasteiger partial charge in [-0.2, -0.15) is 0 Å². The van der Waals surface area contributed by atoms with Gasteiger partial charge in [-0.15, -0.1) is 0 Å². The third-order valence-electron chi connectivity index (χ3n) is 12.0. The van der Waals surface area contributed by atoms with Crippen molar-refractivity contribution in [1.29, 1.82) is 0 Å². The van der Waals surface area contributed by atoms with Gasteiger partial charge in [0, 0.05) is 70.1 Å². The molecular weight excluding hydrogens is 490 g/mol. The molecule has 4 aliphatic carbocycles. The summed E-state index contributed by atoms with van der Waals surface area (Å²) >= 11 is 0. The zero-order valence-electron chi connectivity index (χ0n) is 23.7. The van der Waals surface area contributed by atoms with Gasteiger partial charge in [-0.05, 0) is 51.4 Å². The molecule has 0 radical (unpaired) electrons. The zero-order valence-corrected chi connectivity index (χ0v) is 23.7. The van der Waals surface area contributed by atoms with Crippen molar-refractivity contribution in [2.45, 2.75) is 108 Å². The largest absolute Gasteiger partial charge is 0.463 e. The van der Waals surface area contributed by atoms with Crippen LogP contribution >= 0.6 is 0 Å². The maximum Gasteiger partial charge on any atom is 0.303 e. The van der Waals surface area contributed by atoms with Crippen LogP contribution in [0.3, 0.4) is 0 Å². The van der Waals surface area contributed by atoms with E-state index in [1.807, 2.05) is 14.0 Å². The number of likely N-dealkylation sites (N-methyl/N-ethyl adjacent to an activating group) is 1. The molecule has 4 saturated carbocycles. The number of amides is 1. The van der Waals surface area contributed by atoms with Gasteiger partial charge in [0.05, 0.1) is 5.60 Å². The molecule has 1 spiro atoms. The predicted octanol–water partition coefficient (Wildman–Crippen LogP) is 3.23. The Kier molecular flexibility index (Phi) is 5.86. The molecule has 7 rings (SSSR count).